The number of nitrogens with one attached hydrogen (secondary N) is 1. The third-order valence-corrected chi connectivity index (χ3v) is 7.45. The summed E-state index contributed by atoms with van der Waals surface area (Å²) < 4.78 is 31.9. The molecular weight excluding hydrogens is 440 g/mol. The number of amides is 1. The molecule has 0 aromatic heterocycles. The SMILES string of the molecule is CCOC(=O)C1(c2ccc(NC(=O)CN(CC)S(=O)(=O)c3ccc(Cl)cc3)cc2)CC1. The van der Waals surface area contributed by atoms with Gasteiger partial charge in [0.1, 0.15) is 0 Å². The third-order valence-electron chi connectivity index (χ3n) is 5.26. The van der Waals surface area contributed by atoms with Gasteiger partial charge in [0, 0.05) is 17.3 Å². The van der Waals surface area contributed by atoms with Crippen molar-refractivity contribution in [2.75, 3.05) is 25.0 Å². The van der Waals surface area contributed by atoms with Crippen molar-refractivity contribution in [1.82, 2.24) is 4.31 Å². The topological polar surface area (TPSA) is 92.8 Å². The predicted molar refractivity (Wildman–Crippen MR) is 119 cm³/mol. The lowest BCUT2D eigenvalue weighted by Crippen LogP contribution is -2.37. The number of rotatable bonds is 9. The van der Waals surface area contributed by atoms with Gasteiger partial charge in [-0.25, -0.2) is 8.42 Å². The molecule has 1 amide bonds. The molecule has 31 heavy (non-hydrogen) atoms. The lowest BCUT2D eigenvalue weighted by atomic mass is 9.96. The van der Waals surface area contributed by atoms with E-state index in [0.29, 0.717) is 17.3 Å². The van der Waals surface area contributed by atoms with Gasteiger partial charge in [0.25, 0.3) is 0 Å². The Labute approximate surface area is 187 Å². The van der Waals surface area contributed by atoms with Crippen LogP contribution in [-0.2, 0) is 29.8 Å². The minimum Gasteiger partial charge on any atom is -0.465 e. The first-order valence-corrected chi connectivity index (χ1v) is 11.9. The van der Waals surface area contributed by atoms with Gasteiger partial charge < -0.3 is 10.1 Å². The molecule has 0 aliphatic heterocycles. The summed E-state index contributed by atoms with van der Waals surface area (Å²) in [5.41, 5.74) is 0.794. The number of nitrogens with zero attached hydrogens (tertiary/aromatic N) is 1. The van der Waals surface area contributed by atoms with Crippen LogP contribution in [0.4, 0.5) is 5.69 Å². The van der Waals surface area contributed by atoms with Crippen LogP contribution in [0.15, 0.2) is 53.4 Å². The Morgan fingerprint density at radius 2 is 1.68 bits per heavy atom. The molecule has 0 saturated heterocycles. The summed E-state index contributed by atoms with van der Waals surface area (Å²) in [6.07, 6.45) is 1.48. The van der Waals surface area contributed by atoms with Crippen LogP contribution in [0.1, 0.15) is 32.3 Å². The van der Waals surface area contributed by atoms with Gasteiger partial charge in [-0.2, -0.15) is 4.31 Å². The highest BCUT2D eigenvalue weighted by Crippen LogP contribution is 2.49. The van der Waals surface area contributed by atoms with Crippen molar-refractivity contribution < 1.29 is 22.7 Å². The normalized spacial score (nSPS) is 14.8. The van der Waals surface area contributed by atoms with Gasteiger partial charge in [0.05, 0.1) is 23.5 Å². The predicted octanol–water partition coefficient (Wildman–Crippen LogP) is 3.58. The van der Waals surface area contributed by atoms with Gasteiger partial charge in [-0.15, -0.1) is 0 Å². The number of ether oxygens (including phenoxy) is 1. The Bertz CT molecular complexity index is 1050. The molecule has 0 atom stereocenters. The fraction of sp³-hybridized carbons (Fsp3) is 0.364. The number of carbonyl (C=O) groups is 2. The van der Waals surface area contributed by atoms with Gasteiger partial charge in [-0.3, -0.25) is 9.59 Å². The average molecular weight is 465 g/mol. The van der Waals surface area contributed by atoms with Crippen LogP contribution in [0, 0.1) is 0 Å². The summed E-state index contributed by atoms with van der Waals surface area (Å²) in [6, 6.07) is 12.8. The second-order valence-corrected chi connectivity index (χ2v) is 9.69. The number of hydrogen-bond donors (Lipinski definition) is 1. The van der Waals surface area contributed by atoms with Crippen LogP contribution in [0.2, 0.25) is 5.02 Å². The first kappa shape index (κ1) is 23.2. The summed E-state index contributed by atoms with van der Waals surface area (Å²) >= 11 is 5.83. The molecule has 0 radical (unpaired) electrons. The van der Waals surface area contributed by atoms with Crippen LogP contribution >= 0.6 is 11.6 Å². The first-order valence-electron chi connectivity index (χ1n) is 10.1. The van der Waals surface area contributed by atoms with Crippen molar-refractivity contribution in [3.8, 4) is 0 Å². The molecule has 0 heterocycles. The highest BCUT2D eigenvalue weighted by atomic mass is 35.5. The van der Waals surface area contributed by atoms with Crippen molar-refractivity contribution in [2.45, 2.75) is 37.0 Å². The smallest absolute Gasteiger partial charge is 0.316 e. The number of carbonyl (C=O) groups excluding carboxylic acids is 2. The van der Waals surface area contributed by atoms with E-state index in [0.717, 1.165) is 22.7 Å². The number of likely N-dealkylation sites (N-methyl/N-ethyl adjacent to an activating group) is 1. The number of hydrogen-bond acceptors (Lipinski definition) is 5. The molecular formula is C22H25ClN2O5S. The molecule has 1 saturated carbocycles. The molecule has 7 nitrogen and oxygen atoms in total. The van der Waals surface area contributed by atoms with Gasteiger partial charge in [0.2, 0.25) is 15.9 Å². The van der Waals surface area contributed by atoms with Crippen molar-refractivity contribution >= 4 is 39.2 Å². The summed E-state index contributed by atoms with van der Waals surface area (Å²) in [7, 11) is -3.83. The highest BCUT2D eigenvalue weighted by molar-refractivity contribution is 7.89. The molecule has 2 aromatic carbocycles. The monoisotopic (exact) mass is 464 g/mol. The van der Waals surface area contributed by atoms with E-state index in [1.807, 2.05) is 0 Å². The average Bonchev–Trinajstić information content (AvgIpc) is 3.55. The van der Waals surface area contributed by atoms with E-state index in [4.69, 9.17) is 16.3 Å². The Kier molecular flexibility index (Phi) is 7.03. The highest BCUT2D eigenvalue weighted by Gasteiger charge is 2.52. The maximum absolute atomic E-state index is 12.8. The Morgan fingerprint density at radius 3 is 2.19 bits per heavy atom. The lowest BCUT2D eigenvalue weighted by molar-refractivity contribution is -0.146. The molecule has 1 aliphatic carbocycles. The zero-order valence-electron chi connectivity index (χ0n) is 17.4. The molecule has 1 aliphatic rings. The summed E-state index contributed by atoms with van der Waals surface area (Å²) in [6.45, 7) is 3.59. The zero-order chi connectivity index (χ0) is 22.6. The molecule has 166 valence electrons. The summed E-state index contributed by atoms with van der Waals surface area (Å²) in [4.78, 5) is 24.8. The number of sulfonamides is 1. The quantitative estimate of drug-likeness (QED) is 0.572. The molecule has 1 fully saturated rings. The van der Waals surface area contributed by atoms with Crippen LogP contribution in [0.5, 0.6) is 0 Å². The molecule has 3 rings (SSSR count). The van der Waals surface area contributed by atoms with E-state index in [1.54, 1.807) is 38.1 Å². The molecule has 0 unspecified atom stereocenters. The summed E-state index contributed by atoms with van der Waals surface area (Å²) in [5.74, 6) is -0.684. The maximum atomic E-state index is 12.8. The molecule has 0 spiro atoms. The van der Waals surface area contributed by atoms with E-state index in [1.165, 1.54) is 24.3 Å². The Balaban J connectivity index is 1.66. The minimum absolute atomic E-state index is 0.0737. The third kappa shape index (κ3) is 5.08. The van der Waals surface area contributed by atoms with E-state index in [-0.39, 0.29) is 24.0 Å². The van der Waals surface area contributed by atoms with Crippen LogP contribution < -0.4 is 5.32 Å². The van der Waals surface area contributed by atoms with Gasteiger partial charge in [0.15, 0.2) is 0 Å². The lowest BCUT2D eigenvalue weighted by Gasteiger charge is -2.20. The van der Waals surface area contributed by atoms with Gasteiger partial charge >= 0.3 is 5.97 Å². The molecule has 2 aromatic rings. The standard InChI is InChI=1S/C22H25ClN2O5S/c1-3-25(31(28,29)19-11-7-17(23)8-12-19)15-20(26)24-18-9-5-16(6-10-18)22(13-14-22)21(27)30-4-2/h5-12H,3-4,13-15H2,1-2H3,(H,24,26). The largest absolute Gasteiger partial charge is 0.465 e. The van der Waals surface area contributed by atoms with Crippen molar-refractivity contribution in [3.63, 3.8) is 0 Å². The number of benzene rings is 2. The number of anilines is 1. The van der Waals surface area contributed by atoms with E-state index in [2.05, 4.69) is 5.32 Å². The Hall–Kier alpha value is -2.42. The first-order chi connectivity index (χ1) is 14.7. The fourth-order valence-corrected chi connectivity index (χ4v) is 4.89. The molecule has 9 heteroatoms. The van der Waals surface area contributed by atoms with Crippen molar-refractivity contribution in [3.05, 3.63) is 59.1 Å². The van der Waals surface area contributed by atoms with Gasteiger partial charge in [-0.05, 0) is 61.7 Å². The van der Waals surface area contributed by atoms with E-state index >= 15 is 0 Å². The van der Waals surface area contributed by atoms with Crippen molar-refractivity contribution in [1.29, 1.82) is 0 Å². The van der Waals surface area contributed by atoms with Crippen molar-refractivity contribution in [2.24, 2.45) is 0 Å². The summed E-state index contributed by atoms with van der Waals surface area (Å²) in [5, 5.41) is 3.14. The van der Waals surface area contributed by atoms with Crippen LogP contribution in [0.25, 0.3) is 0 Å². The maximum Gasteiger partial charge on any atom is 0.316 e. The second kappa shape index (κ2) is 9.38. The van der Waals surface area contributed by atoms with E-state index in [9.17, 15) is 18.0 Å². The second-order valence-electron chi connectivity index (χ2n) is 7.31. The van der Waals surface area contributed by atoms with Gasteiger partial charge in [-0.1, -0.05) is 30.7 Å². The van der Waals surface area contributed by atoms with E-state index < -0.39 is 21.3 Å². The minimum atomic E-state index is -3.83. The molecule has 0 bridgehead atoms. The number of esters is 1. The fourth-order valence-electron chi connectivity index (χ4n) is 3.36. The number of halogens is 1. The molecule has 1 N–H and O–H groups in total. The van der Waals surface area contributed by atoms with Crippen LogP contribution in [0.3, 0.4) is 0 Å². The van der Waals surface area contributed by atoms with Crippen LogP contribution in [-0.4, -0.2) is 44.3 Å². The Morgan fingerprint density at radius 1 is 1.06 bits per heavy atom. The zero-order valence-corrected chi connectivity index (χ0v) is 19.0.